The number of carbonyl (C=O) groups is 3. The molecule has 4 rings (SSSR count). The lowest BCUT2D eigenvalue weighted by molar-refractivity contribution is 0.0600. The van der Waals surface area contributed by atoms with Gasteiger partial charge in [-0.1, -0.05) is 0 Å². The number of amidine groups is 1. The molecule has 11 nitrogen and oxygen atoms in total. The van der Waals surface area contributed by atoms with E-state index in [0.29, 0.717) is 17.0 Å². The lowest BCUT2D eigenvalue weighted by atomic mass is 9.89. The normalized spacial score (nSPS) is 20.9. The number of hydrogen-bond donors (Lipinski definition) is 3. The summed E-state index contributed by atoms with van der Waals surface area (Å²) in [5.74, 6) is -0.571. The number of halogens is 1. The zero-order valence-electron chi connectivity index (χ0n) is 21.7. The summed E-state index contributed by atoms with van der Waals surface area (Å²) >= 11 is 1.38. The van der Waals surface area contributed by atoms with Crippen LogP contribution in [-0.2, 0) is 10.3 Å². The van der Waals surface area contributed by atoms with Crippen LogP contribution >= 0.6 is 11.8 Å². The largest absolute Gasteiger partial charge is 0.465 e. The lowest BCUT2D eigenvalue weighted by Crippen LogP contribution is -2.72. The number of anilines is 1. The third-order valence-corrected chi connectivity index (χ3v) is 7.89. The average molecular weight is 555 g/mol. The standard InChI is InChI=1S/C26H27FN6O5S/c1-24(2,3)38-22(35)31-21-26(12-33(13-26)23(36)37)39-14-25(4,32-21)17-9-16(6-7-18(17)27)30-20(34)19-8-5-15(10-28)11-29-19/h5-9,11H,12-14H2,1-4H3,(H,30,34)(H,36,37)(H,31,32,35). The topological polar surface area (TPSA) is 157 Å². The van der Waals surface area contributed by atoms with Gasteiger partial charge < -0.3 is 25.4 Å². The molecule has 1 aromatic heterocycles. The Morgan fingerprint density at radius 2 is 2.00 bits per heavy atom. The number of ether oxygens (including phenoxy) is 1. The summed E-state index contributed by atoms with van der Waals surface area (Å²) in [4.78, 5) is 46.0. The van der Waals surface area contributed by atoms with Crippen molar-refractivity contribution >= 4 is 41.4 Å². The number of carboxylic acid groups (broad SMARTS) is 1. The minimum absolute atomic E-state index is 0.0825. The fourth-order valence-electron chi connectivity index (χ4n) is 4.18. The molecule has 3 heterocycles. The van der Waals surface area contributed by atoms with E-state index >= 15 is 4.39 Å². The molecule has 3 N–H and O–H groups in total. The summed E-state index contributed by atoms with van der Waals surface area (Å²) in [7, 11) is 0. The third-order valence-electron chi connectivity index (χ3n) is 6.17. The Bertz CT molecular complexity index is 1400. The van der Waals surface area contributed by atoms with Gasteiger partial charge in [0.15, 0.2) is 0 Å². The smallest absolute Gasteiger partial charge is 0.435 e. The first-order chi connectivity index (χ1) is 18.2. The first-order valence-electron chi connectivity index (χ1n) is 11.9. The minimum atomic E-state index is -1.09. The molecule has 0 aliphatic carbocycles. The molecule has 1 aromatic carbocycles. The summed E-state index contributed by atoms with van der Waals surface area (Å²) in [5.41, 5.74) is -0.959. The van der Waals surface area contributed by atoms with Crippen LogP contribution in [0.5, 0.6) is 0 Å². The SMILES string of the molecule is CC(C)(C)OC(=O)N=C1NC(C)(c2cc(NC(=O)c3ccc(C#N)cn3)ccc2F)CSC12CN(C(=O)O)C2. The molecular weight excluding hydrogens is 527 g/mol. The highest BCUT2D eigenvalue weighted by Crippen LogP contribution is 2.45. The molecule has 1 spiro atoms. The Balaban J connectivity index is 1.61. The summed E-state index contributed by atoms with van der Waals surface area (Å²) < 4.78 is 19.7. The Morgan fingerprint density at radius 3 is 2.59 bits per heavy atom. The number of likely N-dealkylation sites (tertiary alicyclic amines) is 1. The van der Waals surface area contributed by atoms with Crippen molar-refractivity contribution in [3.8, 4) is 6.07 Å². The van der Waals surface area contributed by atoms with Gasteiger partial charge in [-0.15, -0.1) is 11.8 Å². The van der Waals surface area contributed by atoms with Gasteiger partial charge in [-0.3, -0.25) is 4.79 Å². The van der Waals surface area contributed by atoms with Gasteiger partial charge in [-0.25, -0.2) is 19.0 Å². The van der Waals surface area contributed by atoms with E-state index in [-0.39, 0.29) is 30.2 Å². The molecule has 2 aliphatic heterocycles. The number of amides is 3. The number of thioether (sulfide) groups is 1. The highest BCUT2D eigenvalue weighted by molar-refractivity contribution is 8.01. The number of benzene rings is 1. The molecule has 0 bridgehead atoms. The van der Waals surface area contributed by atoms with E-state index in [1.807, 2.05) is 6.07 Å². The highest BCUT2D eigenvalue weighted by Gasteiger charge is 2.56. The fraction of sp³-hybridized carbons (Fsp3) is 0.385. The molecule has 0 radical (unpaired) electrons. The molecule has 0 saturated carbocycles. The van der Waals surface area contributed by atoms with Crippen molar-refractivity contribution < 1.29 is 28.6 Å². The Kier molecular flexibility index (Phi) is 7.27. The first-order valence-corrected chi connectivity index (χ1v) is 12.9. The predicted octanol–water partition coefficient (Wildman–Crippen LogP) is 3.96. The second-order valence-corrected chi connectivity index (χ2v) is 11.9. The zero-order chi connectivity index (χ0) is 28.6. The Morgan fingerprint density at radius 1 is 1.28 bits per heavy atom. The van der Waals surface area contributed by atoms with Crippen LogP contribution in [0, 0.1) is 17.1 Å². The van der Waals surface area contributed by atoms with Crippen LogP contribution < -0.4 is 10.6 Å². The maximum atomic E-state index is 15.2. The summed E-state index contributed by atoms with van der Waals surface area (Å²) in [6, 6.07) is 8.93. The number of pyridine rings is 1. The third kappa shape index (κ3) is 5.96. The Hall–Kier alpha value is -4.18. The zero-order valence-corrected chi connectivity index (χ0v) is 22.6. The van der Waals surface area contributed by atoms with E-state index in [1.165, 1.54) is 53.2 Å². The van der Waals surface area contributed by atoms with Crippen molar-refractivity contribution in [1.82, 2.24) is 15.2 Å². The van der Waals surface area contributed by atoms with E-state index in [4.69, 9.17) is 10.00 Å². The molecule has 3 amide bonds. The van der Waals surface area contributed by atoms with Crippen molar-refractivity contribution in [3.63, 3.8) is 0 Å². The molecule has 2 fully saturated rings. The molecule has 39 heavy (non-hydrogen) atoms. The monoisotopic (exact) mass is 554 g/mol. The van der Waals surface area contributed by atoms with Gasteiger partial charge in [0.1, 0.15) is 33.8 Å². The van der Waals surface area contributed by atoms with Crippen LogP contribution in [0.25, 0.3) is 0 Å². The molecule has 1 unspecified atom stereocenters. The molecule has 2 saturated heterocycles. The second-order valence-electron chi connectivity index (χ2n) is 10.5. The van der Waals surface area contributed by atoms with Gasteiger partial charge in [0.2, 0.25) is 0 Å². The number of aromatic nitrogens is 1. The molecule has 2 aliphatic rings. The van der Waals surface area contributed by atoms with Crippen molar-refractivity contribution in [2.45, 2.75) is 43.6 Å². The number of nitriles is 1. The lowest BCUT2D eigenvalue weighted by Gasteiger charge is -2.54. The van der Waals surface area contributed by atoms with Crippen LogP contribution in [0.4, 0.5) is 19.7 Å². The molecule has 1 atom stereocenters. The number of nitrogens with one attached hydrogen (secondary N) is 2. The van der Waals surface area contributed by atoms with Crippen LogP contribution in [0.2, 0.25) is 0 Å². The second kappa shape index (κ2) is 10.2. The molecular formula is C26H27FN6O5S. The summed E-state index contributed by atoms with van der Waals surface area (Å²) in [6.45, 7) is 7.04. The number of carbonyl (C=O) groups excluding carboxylic acids is 2. The number of nitrogens with zero attached hydrogens (tertiary/aromatic N) is 4. The van der Waals surface area contributed by atoms with Gasteiger partial charge in [0, 0.05) is 36.3 Å². The maximum absolute atomic E-state index is 15.2. The maximum Gasteiger partial charge on any atom is 0.435 e. The quantitative estimate of drug-likeness (QED) is 0.511. The van der Waals surface area contributed by atoms with E-state index in [1.54, 1.807) is 27.7 Å². The summed E-state index contributed by atoms with van der Waals surface area (Å²) in [6.07, 6.45) is -0.653. The predicted molar refractivity (Wildman–Crippen MR) is 142 cm³/mol. The highest BCUT2D eigenvalue weighted by atomic mass is 32.2. The Labute approximate surface area is 228 Å². The van der Waals surface area contributed by atoms with E-state index < -0.39 is 39.8 Å². The number of aliphatic imine (C=N–C) groups is 1. The van der Waals surface area contributed by atoms with Crippen molar-refractivity contribution in [1.29, 1.82) is 5.26 Å². The minimum Gasteiger partial charge on any atom is -0.465 e. The first kappa shape index (κ1) is 27.8. The van der Waals surface area contributed by atoms with Gasteiger partial charge in [0.05, 0.1) is 11.1 Å². The number of hydrogen-bond acceptors (Lipinski definition) is 7. The van der Waals surface area contributed by atoms with Crippen LogP contribution in [0.1, 0.15) is 49.3 Å². The molecule has 13 heteroatoms. The van der Waals surface area contributed by atoms with E-state index in [9.17, 15) is 19.5 Å². The van der Waals surface area contributed by atoms with Crippen LogP contribution in [0.3, 0.4) is 0 Å². The van der Waals surface area contributed by atoms with E-state index in [0.717, 1.165) is 0 Å². The van der Waals surface area contributed by atoms with E-state index in [2.05, 4.69) is 20.6 Å². The molecule has 204 valence electrons. The fourth-order valence-corrected chi connectivity index (χ4v) is 5.70. The van der Waals surface area contributed by atoms with Gasteiger partial charge in [0.25, 0.3) is 5.91 Å². The van der Waals surface area contributed by atoms with Crippen molar-refractivity contribution in [2.75, 3.05) is 24.2 Å². The van der Waals surface area contributed by atoms with Crippen LogP contribution in [-0.4, -0.2) is 68.1 Å². The molecule has 2 aromatic rings. The van der Waals surface area contributed by atoms with Gasteiger partial charge in [-0.2, -0.15) is 10.3 Å². The van der Waals surface area contributed by atoms with Crippen LogP contribution in [0.15, 0.2) is 41.5 Å². The van der Waals surface area contributed by atoms with Crippen molar-refractivity contribution in [3.05, 3.63) is 59.2 Å². The number of rotatable bonds is 3. The van der Waals surface area contributed by atoms with Crippen molar-refractivity contribution in [2.24, 2.45) is 4.99 Å². The van der Waals surface area contributed by atoms with Gasteiger partial charge >= 0.3 is 12.2 Å². The summed E-state index contributed by atoms with van der Waals surface area (Å²) in [5, 5.41) is 24.2. The average Bonchev–Trinajstić information content (AvgIpc) is 2.82. The van der Waals surface area contributed by atoms with Gasteiger partial charge in [-0.05, 0) is 58.0 Å².